The largest absolute Gasteiger partial charge is 0.540 e. The van der Waals surface area contributed by atoms with Gasteiger partial charge in [0, 0.05) is 0 Å². The first-order chi connectivity index (χ1) is 6.69. The van der Waals surface area contributed by atoms with E-state index in [1.807, 2.05) is 0 Å². The van der Waals surface area contributed by atoms with Crippen LogP contribution in [0.25, 0.3) is 0 Å². The molecule has 0 fully saturated rings. The molecule has 1 aromatic carbocycles. The fraction of sp³-hybridized carbons (Fsp3) is 0.111. The van der Waals surface area contributed by atoms with E-state index in [4.69, 9.17) is 0 Å². The van der Waals surface area contributed by atoms with Gasteiger partial charge in [0.1, 0.15) is 0 Å². The number of hydrogen-bond acceptors (Lipinski definition) is 4. The minimum absolute atomic E-state index is 0.278. The Morgan fingerprint density at radius 3 is 1.86 bits per heavy atom. The van der Waals surface area contributed by atoms with Crippen LogP contribution in [0.15, 0.2) is 24.3 Å². The highest BCUT2D eigenvalue weighted by molar-refractivity contribution is 6.09. The molecule has 0 unspecified atom stereocenters. The molecule has 70 valence electrons. The van der Waals surface area contributed by atoms with Gasteiger partial charge in [0.15, 0.2) is 0 Å². The minimum atomic E-state index is -0.651. The van der Waals surface area contributed by atoms with Crippen molar-refractivity contribution in [2.45, 2.75) is 0 Å². The lowest BCUT2D eigenvalue weighted by Crippen LogP contribution is -2.04. The standard InChI is InChI=1S/C9H7BO4/c1-13-8(11)6-2-4-7(5-3-6)9(12)14-10/h2-5H,1H3. The summed E-state index contributed by atoms with van der Waals surface area (Å²) in [5.74, 6) is -1.11. The van der Waals surface area contributed by atoms with E-state index in [1.54, 1.807) is 0 Å². The highest BCUT2D eigenvalue weighted by Crippen LogP contribution is 2.06. The summed E-state index contributed by atoms with van der Waals surface area (Å²) in [5, 5.41) is 0. The molecule has 1 aromatic rings. The smallest absolute Gasteiger partial charge is 0.378 e. The summed E-state index contributed by atoms with van der Waals surface area (Å²) in [6.45, 7) is 0. The molecule has 5 heteroatoms. The van der Waals surface area contributed by atoms with Crippen LogP contribution in [0.4, 0.5) is 0 Å². The Bertz CT molecular complexity index is 309. The second kappa shape index (κ2) is 4.46. The predicted octanol–water partition coefficient (Wildman–Crippen LogP) is 0.714. The van der Waals surface area contributed by atoms with Gasteiger partial charge < -0.3 is 9.39 Å². The maximum Gasteiger partial charge on any atom is 0.378 e. The van der Waals surface area contributed by atoms with Gasteiger partial charge in [-0.1, -0.05) is 0 Å². The summed E-state index contributed by atoms with van der Waals surface area (Å²) in [6.07, 6.45) is 0. The number of esters is 1. The zero-order valence-electron chi connectivity index (χ0n) is 7.52. The number of rotatable bonds is 2. The van der Waals surface area contributed by atoms with Gasteiger partial charge in [-0.25, -0.2) is 9.59 Å². The first-order valence-electron chi connectivity index (χ1n) is 3.78. The van der Waals surface area contributed by atoms with E-state index in [9.17, 15) is 9.59 Å². The SMILES string of the molecule is [B]OC(=O)c1ccc(C(=O)OC)cc1. The van der Waals surface area contributed by atoms with E-state index in [0.29, 0.717) is 5.56 Å². The molecule has 0 aromatic heterocycles. The van der Waals surface area contributed by atoms with E-state index in [-0.39, 0.29) is 5.56 Å². The van der Waals surface area contributed by atoms with Gasteiger partial charge in [-0.05, 0) is 24.3 Å². The van der Waals surface area contributed by atoms with Crippen LogP contribution in [0.1, 0.15) is 20.7 Å². The third-order valence-corrected chi connectivity index (χ3v) is 1.65. The lowest BCUT2D eigenvalue weighted by Gasteiger charge is -2.01. The fourth-order valence-corrected chi connectivity index (χ4v) is 0.928. The molecule has 0 aliphatic heterocycles. The number of methoxy groups -OCH3 is 1. The lowest BCUT2D eigenvalue weighted by molar-refractivity contribution is 0.0599. The van der Waals surface area contributed by atoms with Gasteiger partial charge in [-0.15, -0.1) is 0 Å². The summed E-state index contributed by atoms with van der Waals surface area (Å²) in [4.78, 5) is 21.9. The molecule has 0 aliphatic carbocycles. The molecule has 1 rings (SSSR count). The Kier molecular flexibility index (Phi) is 3.28. The Morgan fingerprint density at radius 2 is 1.50 bits per heavy atom. The molecular formula is C9H7BO4. The van der Waals surface area contributed by atoms with Crippen molar-refractivity contribution in [2.24, 2.45) is 0 Å². The van der Waals surface area contributed by atoms with Crippen LogP contribution in [-0.2, 0) is 9.39 Å². The van der Waals surface area contributed by atoms with Crippen LogP contribution in [0.2, 0.25) is 0 Å². The maximum absolute atomic E-state index is 11.0. The van der Waals surface area contributed by atoms with Crippen LogP contribution in [0.3, 0.4) is 0 Å². The highest BCUT2D eigenvalue weighted by atomic mass is 16.5. The van der Waals surface area contributed by atoms with Crippen molar-refractivity contribution >= 4 is 20.0 Å². The van der Waals surface area contributed by atoms with Gasteiger partial charge in [-0.2, -0.15) is 0 Å². The molecule has 2 radical (unpaired) electrons. The molecule has 0 spiro atoms. The van der Waals surface area contributed by atoms with Gasteiger partial charge in [0.2, 0.25) is 0 Å². The number of benzene rings is 1. The molecule has 0 bridgehead atoms. The topological polar surface area (TPSA) is 52.6 Å². The lowest BCUT2D eigenvalue weighted by atomic mass is 10.1. The molecule has 4 nitrogen and oxygen atoms in total. The predicted molar refractivity (Wildman–Crippen MR) is 49.0 cm³/mol. The van der Waals surface area contributed by atoms with Crippen molar-refractivity contribution < 1.29 is 19.0 Å². The Morgan fingerprint density at radius 1 is 1.07 bits per heavy atom. The number of carbonyl (C=O) groups is 2. The number of carbonyl (C=O) groups excluding carboxylic acids is 2. The van der Waals surface area contributed by atoms with Crippen LogP contribution in [0, 0.1) is 0 Å². The first kappa shape index (κ1) is 10.3. The first-order valence-corrected chi connectivity index (χ1v) is 3.78. The third kappa shape index (κ3) is 2.13. The van der Waals surface area contributed by atoms with Crippen molar-refractivity contribution in [1.29, 1.82) is 0 Å². The summed E-state index contributed by atoms with van der Waals surface area (Å²) in [5.41, 5.74) is 0.640. The van der Waals surface area contributed by atoms with Crippen molar-refractivity contribution in [1.82, 2.24) is 0 Å². The summed E-state index contributed by atoms with van der Waals surface area (Å²) in [6, 6.07) is 5.78. The summed E-state index contributed by atoms with van der Waals surface area (Å²) < 4.78 is 8.49. The van der Waals surface area contributed by atoms with Gasteiger partial charge in [0.25, 0.3) is 0 Å². The van der Waals surface area contributed by atoms with Crippen molar-refractivity contribution in [3.63, 3.8) is 0 Å². The molecule has 14 heavy (non-hydrogen) atoms. The second-order valence-corrected chi connectivity index (χ2v) is 2.47. The fourth-order valence-electron chi connectivity index (χ4n) is 0.928. The van der Waals surface area contributed by atoms with E-state index in [1.165, 1.54) is 31.4 Å². The van der Waals surface area contributed by atoms with E-state index in [2.05, 4.69) is 17.4 Å². The molecule has 0 heterocycles. The van der Waals surface area contributed by atoms with E-state index >= 15 is 0 Å². The third-order valence-electron chi connectivity index (χ3n) is 1.65. The zero-order chi connectivity index (χ0) is 10.6. The van der Waals surface area contributed by atoms with Crippen LogP contribution < -0.4 is 0 Å². The van der Waals surface area contributed by atoms with Gasteiger partial charge in [-0.3, -0.25) is 0 Å². The molecular weight excluding hydrogens is 183 g/mol. The molecule has 0 saturated heterocycles. The zero-order valence-corrected chi connectivity index (χ0v) is 7.52. The molecule has 0 N–H and O–H groups in total. The average molecular weight is 190 g/mol. The van der Waals surface area contributed by atoms with Crippen molar-refractivity contribution in [3.05, 3.63) is 35.4 Å². The quantitative estimate of drug-likeness (QED) is 0.509. The maximum atomic E-state index is 11.0. The van der Waals surface area contributed by atoms with Crippen molar-refractivity contribution in [2.75, 3.05) is 7.11 Å². The number of ether oxygens (including phenoxy) is 1. The molecule has 0 saturated carbocycles. The summed E-state index contributed by atoms with van der Waals surface area (Å²) in [7, 11) is 5.97. The average Bonchev–Trinajstić information content (AvgIpc) is 2.27. The Balaban J connectivity index is 2.89. The van der Waals surface area contributed by atoms with Crippen LogP contribution >= 0.6 is 0 Å². The van der Waals surface area contributed by atoms with E-state index in [0.717, 1.165) is 0 Å². The Labute approximate surface area is 82.3 Å². The monoisotopic (exact) mass is 190 g/mol. The minimum Gasteiger partial charge on any atom is -0.540 e. The molecule has 0 amide bonds. The van der Waals surface area contributed by atoms with Crippen molar-refractivity contribution in [3.8, 4) is 0 Å². The normalized spacial score (nSPS) is 9.21. The van der Waals surface area contributed by atoms with E-state index < -0.39 is 11.9 Å². The molecule has 0 aliphatic rings. The van der Waals surface area contributed by atoms with Crippen LogP contribution in [0.5, 0.6) is 0 Å². The van der Waals surface area contributed by atoms with Gasteiger partial charge >= 0.3 is 20.0 Å². The highest BCUT2D eigenvalue weighted by Gasteiger charge is 2.07. The Hall–Kier alpha value is -1.78. The second-order valence-electron chi connectivity index (χ2n) is 2.47. The van der Waals surface area contributed by atoms with Crippen LogP contribution in [-0.4, -0.2) is 27.1 Å². The molecule has 0 atom stereocenters. The van der Waals surface area contributed by atoms with Gasteiger partial charge in [0.05, 0.1) is 18.2 Å². The number of hydrogen-bond donors (Lipinski definition) is 0. The summed E-state index contributed by atoms with van der Waals surface area (Å²) >= 11 is 0.